The topological polar surface area (TPSA) is 77.9 Å². The molecule has 4 heterocycles. The van der Waals surface area contributed by atoms with Gasteiger partial charge in [-0.2, -0.15) is 4.98 Å². The van der Waals surface area contributed by atoms with Gasteiger partial charge in [-0.1, -0.05) is 6.07 Å². The fourth-order valence-corrected chi connectivity index (χ4v) is 4.54. The molecule has 0 amide bonds. The summed E-state index contributed by atoms with van der Waals surface area (Å²) in [6.45, 7) is 5.50. The molecule has 2 aliphatic heterocycles. The third kappa shape index (κ3) is 5.46. The zero-order chi connectivity index (χ0) is 22.6. The average molecular weight is 487 g/mol. The van der Waals surface area contributed by atoms with E-state index in [1.165, 1.54) is 5.56 Å². The standard InChI is InChI=1S/C25H30N4O4.ClH/c1-31-23-6-3-19-4-7-24(30)29(25(19)27-23)13-12-28-10-8-20(9-11-28)26-17-18-2-5-21-22(16-18)33-15-14-32-21;/h2-7,16,20,26H,8-15,17H2,1H3;1H. The number of hydrogen-bond donors (Lipinski definition) is 1. The number of halogens is 1. The van der Waals surface area contributed by atoms with Crippen LogP contribution >= 0.6 is 12.4 Å². The Morgan fingerprint density at radius 2 is 1.79 bits per heavy atom. The molecule has 182 valence electrons. The highest BCUT2D eigenvalue weighted by atomic mass is 35.5. The summed E-state index contributed by atoms with van der Waals surface area (Å²) >= 11 is 0. The van der Waals surface area contributed by atoms with Crippen molar-refractivity contribution in [2.45, 2.75) is 32.0 Å². The van der Waals surface area contributed by atoms with Crippen LogP contribution in [0.4, 0.5) is 0 Å². The van der Waals surface area contributed by atoms with Gasteiger partial charge in [-0.25, -0.2) is 0 Å². The number of fused-ring (bicyclic) bond motifs is 2. The summed E-state index contributed by atoms with van der Waals surface area (Å²) in [6, 6.07) is 13.8. The van der Waals surface area contributed by atoms with Crippen molar-refractivity contribution < 1.29 is 14.2 Å². The van der Waals surface area contributed by atoms with E-state index in [1.54, 1.807) is 17.7 Å². The van der Waals surface area contributed by atoms with E-state index in [2.05, 4.69) is 27.3 Å². The van der Waals surface area contributed by atoms with Crippen molar-refractivity contribution >= 4 is 23.4 Å². The second kappa shape index (κ2) is 11.1. The molecule has 5 rings (SSSR count). The number of hydrogen-bond acceptors (Lipinski definition) is 7. The summed E-state index contributed by atoms with van der Waals surface area (Å²) in [6.07, 6.45) is 2.17. The number of aromatic nitrogens is 2. The highest BCUT2D eigenvalue weighted by molar-refractivity contribution is 5.85. The van der Waals surface area contributed by atoms with Crippen LogP contribution in [0, 0.1) is 0 Å². The van der Waals surface area contributed by atoms with Crippen LogP contribution in [0.3, 0.4) is 0 Å². The van der Waals surface area contributed by atoms with Crippen molar-refractivity contribution in [1.82, 2.24) is 19.8 Å². The lowest BCUT2D eigenvalue weighted by Crippen LogP contribution is -2.43. The Kier molecular flexibility index (Phi) is 7.92. The Hall–Kier alpha value is -2.81. The molecule has 2 aromatic heterocycles. The van der Waals surface area contributed by atoms with Crippen LogP contribution in [-0.2, 0) is 13.1 Å². The first-order valence-corrected chi connectivity index (χ1v) is 11.6. The maximum atomic E-state index is 12.5. The molecule has 34 heavy (non-hydrogen) atoms. The molecule has 2 aliphatic rings. The molecule has 0 bridgehead atoms. The Morgan fingerprint density at radius 3 is 2.59 bits per heavy atom. The van der Waals surface area contributed by atoms with Crippen molar-refractivity contribution in [2.24, 2.45) is 0 Å². The van der Waals surface area contributed by atoms with Gasteiger partial charge < -0.3 is 24.4 Å². The Morgan fingerprint density at radius 1 is 1.03 bits per heavy atom. The number of pyridine rings is 2. The molecule has 3 aromatic rings. The fourth-order valence-electron chi connectivity index (χ4n) is 4.54. The monoisotopic (exact) mass is 486 g/mol. The smallest absolute Gasteiger partial charge is 0.252 e. The van der Waals surface area contributed by atoms with Gasteiger partial charge in [0.15, 0.2) is 11.5 Å². The minimum atomic E-state index is -0.0285. The second-order valence-corrected chi connectivity index (χ2v) is 8.56. The van der Waals surface area contributed by atoms with Crippen LogP contribution in [-0.4, -0.2) is 60.5 Å². The van der Waals surface area contributed by atoms with Gasteiger partial charge in [0, 0.05) is 43.2 Å². The Labute approximate surface area is 205 Å². The van der Waals surface area contributed by atoms with Crippen LogP contribution in [0.15, 0.2) is 47.3 Å². The summed E-state index contributed by atoms with van der Waals surface area (Å²) in [5, 5.41) is 4.62. The van der Waals surface area contributed by atoms with Gasteiger partial charge >= 0.3 is 0 Å². The molecule has 1 fully saturated rings. The van der Waals surface area contributed by atoms with E-state index in [-0.39, 0.29) is 18.0 Å². The van der Waals surface area contributed by atoms with E-state index in [4.69, 9.17) is 14.2 Å². The van der Waals surface area contributed by atoms with Gasteiger partial charge in [-0.3, -0.25) is 9.36 Å². The van der Waals surface area contributed by atoms with Crippen molar-refractivity contribution in [3.8, 4) is 17.4 Å². The van der Waals surface area contributed by atoms with E-state index >= 15 is 0 Å². The number of nitrogens with zero attached hydrogens (tertiary/aromatic N) is 3. The SMILES string of the molecule is COc1ccc2ccc(=O)n(CCN3CCC(NCc4ccc5c(c4)OCCO5)CC3)c2n1.Cl. The lowest BCUT2D eigenvalue weighted by atomic mass is 10.0. The van der Waals surface area contributed by atoms with Gasteiger partial charge in [0.05, 0.1) is 7.11 Å². The normalized spacial score (nSPS) is 16.3. The number of likely N-dealkylation sites (tertiary alicyclic amines) is 1. The zero-order valence-corrected chi connectivity index (χ0v) is 20.2. The third-order valence-corrected chi connectivity index (χ3v) is 6.44. The number of benzene rings is 1. The molecule has 1 saturated heterocycles. The highest BCUT2D eigenvalue weighted by Gasteiger charge is 2.19. The van der Waals surface area contributed by atoms with Crippen LogP contribution in [0.25, 0.3) is 11.0 Å². The first-order chi connectivity index (χ1) is 16.2. The third-order valence-electron chi connectivity index (χ3n) is 6.44. The minimum Gasteiger partial charge on any atom is -0.486 e. The molecule has 1 aromatic carbocycles. The fraction of sp³-hybridized carbons (Fsp3) is 0.440. The maximum absolute atomic E-state index is 12.5. The maximum Gasteiger partial charge on any atom is 0.252 e. The largest absolute Gasteiger partial charge is 0.486 e. The summed E-state index contributed by atoms with van der Waals surface area (Å²) in [7, 11) is 1.59. The number of piperidine rings is 1. The molecule has 0 spiro atoms. The molecule has 0 unspecified atom stereocenters. The van der Waals surface area contributed by atoms with E-state index in [0.29, 0.717) is 37.3 Å². The van der Waals surface area contributed by atoms with E-state index in [9.17, 15) is 4.79 Å². The van der Waals surface area contributed by atoms with E-state index in [0.717, 1.165) is 55.9 Å². The number of ether oxygens (including phenoxy) is 3. The molecular weight excluding hydrogens is 456 g/mol. The molecule has 0 aliphatic carbocycles. The van der Waals surface area contributed by atoms with Crippen molar-refractivity contribution in [3.05, 3.63) is 58.4 Å². The number of nitrogens with one attached hydrogen (secondary N) is 1. The van der Waals surface area contributed by atoms with E-state index in [1.807, 2.05) is 24.3 Å². The van der Waals surface area contributed by atoms with Gasteiger partial charge in [0.1, 0.15) is 18.9 Å². The minimum absolute atomic E-state index is 0. The number of methoxy groups -OCH3 is 1. The van der Waals surface area contributed by atoms with Gasteiger partial charge in [0.25, 0.3) is 5.56 Å². The van der Waals surface area contributed by atoms with Crippen LogP contribution in [0.2, 0.25) is 0 Å². The highest BCUT2D eigenvalue weighted by Crippen LogP contribution is 2.30. The predicted octanol–water partition coefficient (Wildman–Crippen LogP) is 2.85. The first-order valence-electron chi connectivity index (χ1n) is 11.6. The van der Waals surface area contributed by atoms with E-state index < -0.39 is 0 Å². The quantitative estimate of drug-likeness (QED) is 0.550. The van der Waals surface area contributed by atoms with Crippen molar-refractivity contribution in [1.29, 1.82) is 0 Å². The first kappa shape index (κ1) is 24.3. The molecule has 0 atom stereocenters. The van der Waals surface area contributed by atoms with Crippen LogP contribution in [0.1, 0.15) is 18.4 Å². The lowest BCUT2D eigenvalue weighted by Gasteiger charge is -2.32. The Balaban J connectivity index is 0.00000274. The summed E-state index contributed by atoms with van der Waals surface area (Å²) in [4.78, 5) is 19.4. The zero-order valence-electron chi connectivity index (χ0n) is 19.4. The molecule has 9 heteroatoms. The van der Waals surface area contributed by atoms with Gasteiger partial charge in [-0.05, 0) is 55.8 Å². The summed E-state index contributed by atoms with van der Waals surface area (Å²) in [5.41, 5.74) is 1.86. The second-order valence-electron chi connectivity index (χ2n) is 8.56. The lowest BCUT2D eigenvalue weighted by molar-refractivity contribution is 0.171. The molecule has 0 saturated carbocycles. The summed E-state index contributed by atoms with van der Waals surface area (Å²) < 4.78 is 18.3. The van der Waals surface area contributed by atoms with Crippen LogP contribution in [0.5, 0.6) is 17.4 Å². The van der Waals surface area contributed by atoms with Gasteiger partial charge in [-0.15, -0.1) is 12.4 Å². The van der Waals surface area contributed by atoms with Crippen molar-refractivity contribution in [3.63, 3.8) is 0 Å². The molecule has 1 N–H and O–H groups in total. The average Bonchev–Trinajstić information content (AvgIpc) is 2.87. The number of rotatable bonds is 7. The molecular formula is C25H31ClN4O4. The summed E-state index contributed by atoms with van der Waals surface area (Å²) in [5.74, 6) is 2.19. The van der Waals surface area contributed by atoms with Crippen LogP contribution < -0.4 is 25.1 Å². The molecule has 8 nitrogen and oxygen atoms in total. The van der Waals surface area contributed by atoms with Crippen molar-refractivity contribution in [2.75, 3.05) is 40.0 Å². The Bertz CT molecular complexity index is 1180. The van der Waals surface area contributed by atoms with Gasteiger partial charge in [0.2, 0.25) is 5.88 Å². The predicted molar refractivity (Wildman–Crippen MR) is 134 cm³/mol. The molecule has 0 radical (unpaired) electrons.